The van der Waals surface area contributed by atoms with Crippen molar-refractivity contribution >= 4 is 5.91 Å². The molecule has 0 radical (unpaired) electrons. The minimum Gasteiger partial charge on any atom is -0.366 e. The van der Waals surface area contributed by atoms with E-state index in [1.165, 1.54) is 0 Å². The fourth-order valence-electron chi connectivity index (χ4n) is 2.88. The van der Waals surface area contributed by atoms with Crippen molar-refractivity contribution in [2.24, 2.45) is 17.6 Å². The molecule has 1 heterocycles. The van der Waals surface area contributed by atoms with Crippen molar-refractivity contribution < 1.29 is 4.79 Å². The number of hydrogen-bond donors (Lipinski definition) is 2. The van der Waals surface area contributed by atoms with E-state index >= 15 is 0 Å². The Balaban J connectivity index is 1.89. The third-order valence-corrected chi connectivity index (χ3v) is 3.62. The van der Waals surface area contributed by atoms with Crippen molar-refractivity contribution in [1.29, 1.82) is 0 Å². The average molecular weight is 202 g/mol. The van der Waals surface area contributed by atoms with Crippen molar-refractivity contribution in [3.63, 3.8) is 0 Å². The SMILES string of the molecule is NC(=O)C1=CC2NC3CC=CC3C2C=C1. The summed E-state index contributed by atoms with van der Waals surface area (Å²) >= 11 is 0. The standard InChI is InChI=1S/C12H14N2O/c13-12(15)7-4-5-9-8-2-1-3-10(8)14-11(9)6-7/h1-2,4-6,8-11,14H,3H2,(H2,13,15). The van der Waals surface area contributed by atoms with Crippen LogP contribution < -0.4 is 11.1 Å². The maximum Gasteiger partial charge on any atom is 0.248 e. The molecule has 3 N–H and O–H groups in total. The summed E-state index contributed by atoms with van der Waals surface area (Å²) in [5.74, 6) is 0.757. The number of nitrogens with two attached hydrogens (primary N) is 1. The smallest absolute Gasteiger partial charge is 0.248 e. The summed E-state index contributed by atoms with van der Waals surface area (Å²) in [4.78, 5) is 11.1. The molecule has 4 atom stereocenters. The minimum atomic E-state index is -0.334. The summed E-state index contributed by atoms with van der Waals surface area (Å²) < 4.78 is 0. The molecule has 0 spiro atoms. The van der Waals surface area contributed by atoms with Crippen LogP contribution in [-0.2, 0) is 4.79 Å². The number of primary amides is 1. The molecule has 0 aromatic carbocycles. The van der Waals surface area contributed by atoms with Gasteiger partial charge >= 0.3 is 0 Å². The van der Waals surface area contributed by atoms with E-state index in [4.69, 9.17) is 5.73 Å². The second kappa shape index (κ2) is 3.07. The first-order chi connectivity index (χ1) is 7.25. The number of fused-ring (bicyclic) bond motifs is 3. The maximum absolute atomic E-state index is 11.1. The van der Waals surface area contributed by atoms with Crippen molar-refractivity contribution in [1.82, 2.24) is 5.32 Å². The van der Waals surface area contributed by atoms with Gasteiger partial charge in [0.15, 0.2) is 0 Å². The Kier molecular flexibility index (Phi) is 1.83. The Labute approximate surface area is 88.7 Å². The first-order valence-corrected chi connectivity index (χ1v) is 5.38. The van der Waals surface area contributed by atoms with Crippen LogP contribution >= 0.6 is 0 Å². The number of rotatable bonds is 1. The number of hydrogen-bond acceptors (Lipinski definition) is 2. The zero-order chi connectivity index (χ0) is 10.4. The predicted octanol–water partition coefficient (Wildman–Crippen LogP) is 0.501. The predicted molar refractivity (Wildman–Crippen MR) is 57.9 cm³/mol. The molecule has 3 nitrogen and oxygen atoms in total. The van der Waals surface area contributed by atoms with E-state index in [0.29, 0.717) is 23.5 Å². The summed E-state index contributed by atoms with van der Waals surface area (Å²) in [6, 6.07) is 0.838. The van der Waals surface area contributed by atoms with Gasteiger partial charge in [0, 0.05) is 29.5 Å². The van der Waals surface area contributed by atoms with Gasteiger partial charge in [-0.05, 0) is 6.42 Å². The highest BCUT2D eigenvalue weighted by Crippen LogP contribution is 2.38. The molecule has 3 rings (SSSR count). The van der Waals surface area contributed by atoms with Gasteiger partial charge in [-0.25, -0.2) is 0 Å². The quantitative estimate of drug-likeness (QED) is 0.608. The second-order valence-electron chi connectivity index (χ2n) is 4.46. The molecule has 4 unspecified atom stereocenters. The van der Waals surface area contributed by atoms with Gasteiger partial charge < -0.3 is 11.1 Å². The van der Waals surface area contributed by atoms with Crippen LogP contribution in [0.25, 0.3) is 0 Å². The molecule has 2 aliphatic carbocycles. The molecular weight excluding hydrogens is 188 g/mol. The lowest BCUT2D eigenvalue weighted by molar-refractivity contribution is -0.114. The maximum atomic E-state index is 11.1. The Morgan fingerprint density at radius 1 is 1.40 bits per heavy atom. The van der Waals surface area contributed by atoms with Crippen LogP contribution in [0.3, 0.4) is 0 Å². The van der Waals surface area contributed by atoms with Crippen molar-refractivity contribution in [2.75, 3.05) is 0 Å². The molecule has 0 aromatic rings. The lowest BCUT2D eigenvalue weighted by Gasteiger charge is -2.20. The molecule has 1 aliphatic heterocycles. The highest BCUT2D eigenvalue weighted by atomic mass is 16.1. The summed E-state index contributed by atoms with van der Waals surface area (Å²) in [5.41, 5.74) is 5.90. The van der Waals surface area contributed by atoms with Crippen LogP contribution in [0, 0.1) is 11.8 Å². The highest BCUT2D eigenvalue weighted by molar-refractivity contribution is 5.95. The Hall–Kier alpha value is -1.35. The van der Waals surface area contributed by atoms with Gasteiger partial charge in [0.05, 0.1) is 0 Å². The van der Waals surface area contributed by atoms with Crippen LogP contribution in [0.5, 0.6) is 0 Å². The number of carbonyl (C=O) groups is 1. The first kappa shape index (κ1) is 8.92. The Morgan fingerprint density at radius 2 is 2.27 bits per heavy atom. The number of carbonyl (C=O) groups excluding carboxylic acids is 1. The van der Waals surface area contributed by atoms with Crippen molar-refractivity contribution in [3.8, 4) is 0 Å². The van der Waals surface area contributed by atoms with E-state index in [9.17, 15) is 4.79 Å². The van der Waals surface area contributed by atoms with Gasteiger partial charge in [-0.15, -0.1) is 0 Å². The summed E-state index contributed by atoms with van der Waals surface area (Å²) in [5, 5.41) is 3.54. The summed E-state index contributed by atoms with van der Waals surface area (Å²) in [6.45, 7) is 0. The molecule has 0 aromatic heterocycles. The third-order valence-electron chi connectivity index (χ3n) is 3.62. The zero-order valence-corrected chi connectivity index (χ0v) is 8.39. The van der Waals surface area contributed by atoms with Gasteiger partial charge in [0.2, 0.25) is 5.91 Å². The summed E-state index contributed by atoms with van der Waals surface area (Å²) in [7, 11) is 0. The van der Waals surface area contributed by atoms with E-state index in [1.807, 2.05) is 12.2 Å². The topological polar surface area (TPSA) is 55.1 Å². The lowest BCUT2D eigenvalue weighted by Crippen LogP contribution is -2.31. The highest BCUT2D eigenvalue weighted by Gasteiger charge is 2.41. The molecule has 1 amide bonds. The van der Waals surface area contributed by atoms with Crippen LogP contribution in [0.1, 0.15) is 6.42 Å². The molecule has 0 bridgehead atoms. The van der Waals surface area contributed by atoms with Crippen molar-refractivity contribution in [3.05, 3.63) is 36.0 Å². The second-order valence-corrected chi connectivity index (χ2v) is 4.46. The molecule has 15 heavy (non-hydrogen) atoms. The largest absolute Gasteiger partial charge is 0.366 e. The normalized spacial score (nSPS) is 41.2. The fraction of sp³-hybridized carbons (Fsp3) is 0.417. The molecule has 3 heteroatoms. The van der Waals surface area contributed by atoms with E-state index in [0.717, 1.165) is 6.42 Å². The van der Waals surface area contributed by atoms with E-state index in [1.54, 1.807) is 0 Å². The molecule has 78 valence electrons. The Bertz CT molecular complexity index is 394. The molecular formula is C12H14N2O. The number of amides is 1. The van der Waals surface area contributed by atoms with Gasteiger partial charge in [0.1, 0.15) is 0 Å². The van der Waals surface area contributed by atoms with E-state index in [-0.39, 0.29) is 11.9 Å². The minimum absolute atomic E-state index is 0.289. The van der Waals surface area contributed by atoms with Gasteiger partial charge in [0.25, 0.3) is 0 Å². The lowest BCUT2D eigenvalue weighted by atomic mass is 9.85. The Morgan fingerprint density at radius 3 is 3.07 bits per heavy atom. The van der Waals surface area contributed by atoms with Crippen LogP contribution in [0.4, 0.5) is 0 Å². The van der Waals surface area contributed by atoms with Gasteiger partial charge in [-0.2, -0.15) is 0 Å². The van der Waals surface area contributed by atoms with E-state index in [2.05, 4.69) is 23.5 Å². The van der Waals surface area contributed by atoms with E-state index < -0.39 is 0 Å². The van der Waals surface area contributed by atoms with Crippen LogP contribution in [-0.4, -0.2) is 18.0 Å². The molecule has 0 saturated carbocycles. The fourth-order valence-corrected chi connectivity index (χ4v) is 2.88. The molecule has 1 saturated heterocycles. The third kappa shape index (κ3) is 1.27. The van der Waals surface area contributed by atoms with Crippen LogP contribution in [0.2, 0.25) is 0 Å². The monoisotopic (exact) mass is 202 g/mol. The summed E-state index contributed by atoms with van der Waals surface area (Å²) in [6.07, 6.45) is 11.6. The van der Waals surface area contributed by atoms with Crippen LogP contribution in [0.15, 0.2) is 36.0 Å². The number of nitrogens with one attached hydrogen (secondary N) is 1. The van der Waals surface area contributed by atoms with Gasteiger partial charge in [-0.1, -0.05) is 30.4 Å². The zero-order valence-electron chi connectivity index (χ0n) is 8.39. The molecule has 3 aliphatic rings. The molecule has 1 fully saturated rings. The van der Waals surface area contributed by atoms with Gasteiger partial charge in [-0.3, -0.25) is 4.79 Å². The first-order valence-electron chi connectivity index (χ1n) is 5.38. The average Bonchev–Trinajstić information content (AvgIpc) is 2.75. The van der Waals surface area contributed by atoms with Crippen molar-refractivity contribution in [2.45, 2.75) is 18.5 Å².